The maximum atomic E-state index is 5.77. The largest absolute Gasteiger partial charge is 0.389 e. The van der Waals surface area contributed by atoms with E-state index < -0.39 is 0 Å². The van der Waals surface area contributed by atoms with E-state index >= 15 is 0 Å². The minimum atomic E-state index is 0.437. The molecule has 2 aromatic rings. The molecule has 2 rings (SSSR count). The Labute approximate surface area is 119 Å². The van der Waals surface area contributed by atoms with E-state index in [1.54, 1.807) is 0 Å². The van der Waals surface area contributed by atoms with Crippen LogP contribution in [0.3, 0.4) is 0 Å². The first-order chi connectivity index (χ1) is 9.08. The van der Waals surface area contributed by atoms with Crippen LogP contribution in [0.25, 0.3) is 0 Å². The molecule has 0 aromatic heterocycles. The van der Waals surface area contributed by atoms with Gasteiger partial charge in [-0.1, -0.05) is 54.2 Å². The third kappa shape index (κ3) is 3.32. The van der Waals surface area contributed by atoms with E-state index in [1.807, 2.05) is 24.3 Å². The molecule has 0 amide bonds. The summed E-state index contributed by atoms with van der Waals surface area (Å²) in [6.07, 6.45) is 0. The van der Waals surface area contributed by atoms with Crippen molar-refractivity contribution in [3.63, 3.8) is 0 Å². The molecule has 98 valence electrons. The van der Waals surface area contributed by atoms with E-state index in [9.17, 15) is 0 Å². The van der Waals surface area contributed by atoms with Crippen LogP contribution in [0.4, 0.5) is 5.69 Å². The quantitative estimate of drug-likeness (QED) is 0.865. The van der Waals surface area contributed by atoms with E-state index in [1.165, 1.54) is 11.1 Å². The van der Waals surface area contributed by atoms with Gasteiger partial charge in [0, 0.05) is 24.8 Å². The number of benzene rings is 2. The summed E-state index contributed by atoms with van der Waals surface area (Å²) in [5, 5.41) is 0. The third-order valence-corrected chi connectivity index (χ3v) is 3.30. The van der Waals surface area contributed by atoms with Crippen molar-refractivity contribution in [1.29, 1.82) is 0 Å². The highest BCUT2D eigenvalue weighted by molar-refractivity contribution is 7.80. The summed E-state index contributed by atoms with van der Waals surface area (Å²) in [4.78, 5) is 2.61. The molecule has 0 heterocycles. The van der Waals surface area contributed by atoms with Gasteiger partial charge in [0.1, 0.15) is 4.99 Å². The van der Waals surface area contributed by atoms with Gasteiger partial charge in [0.2, 0.25) is 0 Å². The standard InChI is InChI=1S/C16H18N2S/c1-12-6-5-7-13(10-12)11-18(2)15-9-4-3-8-14(15)16(17)19/h3-10H,11H2,1-2H3,(H2,17,19). The molecule has 2 aromatic carbocycles. The summed E-state index contributed by atoms with van der Waals surface area (Å²) in [5.41, 5.74) is 10.3. The summed E-state index contributed by atoms with van der Waals surface area (Å²) in [7, 11) is 2.06. The van der Waals surface area contributed by atoms with Crippen LogP contribution >= 0.6 is 12.2 Å². The highest BCUT2D eigenvalue weighted by Crippen LogP contribution is 2.21. The lowest BCUT2D eigenvalue weighted by Crippen LogP contribution is -2.21. The van der Waals surface area contributed by atoms with Gasteiger partial charge in [-0.15, -0.1) is 0 Å². The lowest BCUT2D eigenvalue weighted by Gasteiger charge is -2.22. The van der Waals surface area contributed by atoms with Gasteiger partial charge in [0.05, 0.1) is 0 Å². The van der Waals surface area contributed by atoms with Crippen LogP contribution in [-0.2, 0) is 6.54 Å². The molecule has 0 aliphatic heterocycles. The second-order valence-corrected chi connectivity index (χ2v) is 5.17. The van der Waals surface area contributed by atoms with Crippen molar-refractivity contribution in [1.82, 2.24) is 0 Å². The van der Waals surface area contributed by atoms with Crippen molar-refractivity contribution >= 4 is 22.9 Å². The first kappa shape index (κ1) is 13.6. The minimum absolute atomic E-state index is 0.437. The molecular weight excluding hydrogens is 252 g/mol. The predicted molar refractivity (Wildman–Crippen MR) is 85.6 cm³/mol. The number of rotatable bonds is 4. The van der Waals surface area contributed by atoms with Gasteiger partial charge in [-0.25, -0.2) is 0 Å². The predicted octanol–water partition coefficient (Wildman–Crippen LogP) is 3.27. The van der Waals surface area contributed by atoms with Crippen LogP contribution in [0.1, 0.15) is 16.7 Å². The molecule has 0 radical (unpaired) electrons. The number of nitrogens with two attached hydrogens (primary N) is 1. The molecule has 2 N–H and O–H groups in total. The zero-order valence-corrected chi connectivity index (χ0v) is 12.1. The van der Waals surface area contributed by atoms with Gasteiger partial charge in [-0.3, -0.25) is 0 Å². The molecule has 0 atom stereocenters. The Bertz CT molecular complexity index is 593. The van der Waals surface area contributed by atoms with E-state index in [4.69, 9.17) is 18.0 Å². The molecule has 0 aliphatic carbocycles. The fourth-order valence-corrected chi connectivity index (χ4v) is 2.36. The zero-order valence-electron chi connectivity index (χ0n) is 11.3. The molecule has 2 nitrogen and oxygen atoms in total. The SMILES string of the molecule is Cc1cccc(CN(C)c2ccccc2C(N)=S)c1. The van der Waals surface area contributed by atoms with Crippen LogP contribution in [0.15, 0.2) is 48.5 Å². The zero-order chi connectivity index (χ0) is 13.8. The van der Waals surface area contributed by atoms with Crippen molar-refractivity contribution < 1.29 is 0 Å². The number of para-hydroxylation sites is 1. The fraction of sp³-hybridized carbons (Fsp3) is 0.188. The summed E-state index contributed by atoms with van der Waals surface area (Å²) in [6.45, 7) is 2.94. The Kier molecular flexibility index (Phi) is 4.17. The molecular formula is C16H18N2S. The van der Waals surface area contributed by atoms with Crippen LogP contribution < -0.4 is 10.6 Å². The second kappa shape index (κ2) is 5.85. The number of nitrogens with zero attached hydrogens (tertiary/aromatic N) is 1. The normalized spacial score (nSPS) is 10.2. The lowest BCUT2D eigenvalue weighted by atomic mass is 10.1. The van der Waals surface area contributed by atoms with Crippen molar-refractivity contribution in [3.05, 3.63) is 65.2 Å². The Morgan fingerprint density at radius 2 is 1.89 bits per heavy atom. The Balaban J connectivity index is 2.25. The summed E-state index contributed by atoms with van der Waals surface area (Å²) < 4.78 is 0. The van der Waals surface area contributed by atoms with Gasteiger partial charge in [-0.2, -0.15) is 0 Å². The van der Waals surface area contributed by atoms with Gasteiger partial charge in [0.15, 0.2) is 0 Å². The van der Waals surface area contributed by atoms with Crippen LogP contribution in [-0.4, -0.2) is 12.0 Å². The maximum absolute atomic E-state index is 5.77. The van der Waals surface area contributed by atoms with E-state index in [-0.39, 0.29) is 0 Å². The Hall–Kier alpha value is -1.87. The third-order valence-electron chi connectivity index (χ3n) is 3.08. The van der Waals surface area contributed by atoms with Crippen LogP contribution in [0.2, 0.25) is 0 Å². The number of hydrogen-bond donors (Lipinski definition) is 1. The van der Waals surface area contributed by atoms with Crippen molar-refractivity contribution in [3.8, 4) is 0 Å². The van der Waals surface area contributed by atoms with Crippen molar-refractivity contribution in [2.75, 3.05) is 11.9 Å². The number of hydrogen-bond acceptors (Lipinski definition) is 2. The average molecular weight is 270 g/mol. The van der Waals surface area contributed by atoms with E-state index in [0.717, 1.165) is 17.8 Å². The van der Waals surface area contributed by atoms with Crippen LogP contribution in [0, 0.1) is 6.92 Å². The van der Waals surface area contributed by atoms with Crippen molar-refractivity contribution in [2.45, 2.75) is 13.5 Å². The van der Waals surface area contributed by atoms with E-state index in [0.29, 0.717) is 4.99 Å². The lowest BCUT2D eigenvalue weighted by molar-refractivity contribution is 0.920. The topological polar surface area (TPSA) is 29.3 Å². The number of thiocarbonyl (C=S) groups is 1. The number of aryl methyl sites for hydroxylation is 1. The van der Waals surface area contributed by atoms with Crippen molar-refractivity contribution in [2.24, 2.45) is 5.73 Å². The molecule has 0 spiro atoms. The summed E-state index contributed by atoms with van der Waals surface area (Å²) in [5.74, 6) is 0. The average Bonchev–Trinajstić information content (AvgIpc) is 2.38. The first-order valence-corrected chi connectivity index (χ1v) is 6.64. The van der Waals surface area contributed by atoms with Crippen LogP contribution in [0.5, 0.6) is 0 Å². The highest BCUT2D eigenvalue weighted by atomic mass is 32.1. The monoisotopic (exact) mass is 270 g/mol. The molecule has 0 saturated heterocycles. The maximum Gasteiger partial charge on any atom is 0.106 e. The molecule has 0 unspecified atom stereocenters. The molecule has 19 heavy (non-hydrogen) atoms. The molecule has 0 aliphatic rings. The van der Waals surface area contributed by atoms with Gasteiger partial charge in [-0.05, 0) is 24.6 Å². The molecule has 3 heteroatoms. The Morgan fingerprint density at radius 1 is 1.16 bits per heavy atom. The van der Waals surface area contributed by atoms with Gasteiger partial charge < -0.3 is 10.6 Å². The van der Waals surface area contributed by atoms with E-state index in [2.05, 4.69) is 43.1 Å². The smallest absolute Gasteiger partial charge is 0.106 e. The summed E-state index contributed by atoms with van der Waals surface area (Å²) >= 11 is 5.11. The fourth-order valence-electron chi connectivity index (χ4n) is 2.18. The highest BCUT2D eigenvalue weighted by Gasteiger charge is 2.09. The minimum Gasteiger partial charge on any atom is -0.389 e. The van der Waals surface area contributed by atoms with Gasteiger partial charge in [0.25, 0.3) is 0 Å². The Morgan fingerprint density at radius 3 is 2.58 bits per heavy atom. The summed E-state index contributed by atoms with van der Waals surface area (Å²) in [6, 6.07) is 16.5. The second-order valence-electron chi connectivity index (χ2n) is 4.73. The molecule has 0 saturated carbocycles. The number of anilines is 1. The molecule has 0 fully saturated rings. The molecule has 0 bridgehead atoms. The van der Waals surface area contributed by atoms with Gasteiger partial charge >= 0.3 is 0 Å². The first-order valence-electron chi connectivity index (χ1n) is 6.23.